The van der Waals surface area contributed by atoms with Crippen LogP contribution in [0.1, 0.15) is 37.8 Å². The van der Waals surface area contributed by atoms with Gasteiger partial charge in [-0.05, 0) is 30.5 Å². The topological polar surface area (TPSA) is 49.8 Å². The van der Waals surface area contributed by atoms with E-state index in [0.717, 1.165) is 34.8 Å². The van der Waals surface area contributed by atoms with Crippen molar-refractivity contribution in [3.8, 4) is 0 Å². The Bertz CT molecular complexity index is 581. The fraction of sp³-hybridized carbons (Fsp3) is 0.375. The van der Waals surface area contributed by atoms with Crippen molar-refractivity contribution >= 4 is 27.6 Å². The van der Waals surface area contributed by atoms with Gasteiger partial charge in [0.2, 0.25) is 0 Å². The van der Waals surface area contributed by atoms with Crippen LogP contribution in [0, 0.1) is 0 Å². The lowest BCUT2D eigenvalue weighted by molar-refractivity contribution is 0.844. The van der Waals surface area contributed by atoms with Gasteiger partial charge in [-0.3, -0.25) is 0 Å². The van der Waals surface area contributed by atoms with Crippen LogP contribution in [-0.4, -0.2) is 16.5 Å². The van der Waals surface area contributed by atoms with E-state index in [1.807, 2.05) is 12.1 Å². The van der Waals surface area contributed by atoms with Crippen LogP contribution in [-0.2, 0) is 6.54 Å². The van der Waals surface area contributed by atoms with Crippen LogP contribution < -0.4 is 10.6 Å². The number of hydrogen-bond acceptors (Lipinski definition) is 4. The second-order valence-electron chi connectivity index (χ2n) is 5.15. The van der Waals surface area contributed by atoms with Crippen molar-refractivity contribution < 1.29 is 0 Å². The molecule has 1 heterocycles. The van der Waals surface area contributed by atoms with Gasteiger partial charge in [-0.1, -0.05) is 41.9 Å². The first kappa shape index (κ1) is 15.8. The summed E-state index contributed by atoms with van der Waals surface area (Å²) in [7, 11) is 0. The molecule has 2 aromatic rings. The normalized spacial score (nSPS) is 10.7. The van der Waals surface area contributed by atoms with Crippen LogP contribution in [0.5, 0.6) is 0 Å². The van der Waals surface area contributed by atoms with Crippen LogP contribution in [0.3, 0.4) is 0 Å². The van der Waals surface area contributed by atoms with E-state index in [0.29, 0.717) is 5.92 Å². The summed E-state index contributed by atoms with van der Waals surface area (Å²) in [5.74, 6) is 2.17. The second kappa shape index (κ2) is 7.41. The molecule has 0 spiro atoms. The highest BCUT2D eigenvalue weighted by molar-refractivity contribution is 9.10. The van der Waals surface area contributed by atoms with E-state index < -0.39 is 0 Å². The van der Waals surface area contributed by atoms with E-state index in [9.17, 15) is 0 Å². The first-order valence-corrected chi connectivity index (χ1v) is 7.98. The molecular weight excluding hydrogens is 328 g/mol. The molecular formula is C16H21BrN4. The lowest BCUT2D eigenvalue weighted by Gasteiger charge is -2.17. The average Bonchev–Trinajstić information content (AvgIpc) is 2.47. The minimum Gasteiger partial charge on any atom is -0.370 e. The molecule has 5 heteroatoms. The molecule has 0 atom stereocenters. The molecule has 0 saturated heterocycles. The maximum atomic E-state index is 4.40. The lowest BCUT2D eigenvalue weighted by atomic mass is 10.0. The Labute approximate surface area is 134 Å². The quantitative estimate of drug-likeness (QED) is 0.811. The van der Waals surface area contributed by atoms with Crippen LogP contribution in [0.4, 0.5) is 11.6 Å². The van der Waals surface area contributed by atoms with Gasteiger partial charge in [0.15, 0.2) is 0 Å². The Balaban J connectivity index is 2.19. The molecule has 0 aliphatic heterocycles. The molecule has 2 rings (SSSR count). The molecule has 4 nitrogen and oxygen atoms in total. The van der Waals surface area contributed by atoms with Gasteiger partial charge in [0.05, 0.1) is 0 Å². The SMILES string of the molecule is CCNc1ncnc(NCc2ccc(Br)cc2)c1C(C)C. The third kappa shape index (κ3) is 4.17. The zero-order chi connectivity index (χ0) is 15.2. The van der Waals surface area contributed by atoms with Crippen LogP contribution in [0.25, 0.3) is 0 Å². The lowest BCUT2D eigenvalue weighted by Crippen LogP contribution is -2.11. The number of nitrogens with one attached hydrogen (secondary N) is 2. The zero-order valence-electron chi connectivity index (χ0n) is 12.7. The van der Waals surface area contributed by atoms with Crippen molar-refractivity contribution in [2.24, 2.45) is 0 Å². The van der Waals surface area contributed by atoms with E-state index in [4.69, 9.17) is 0 Å². The fourth-order valence-corrected chi connectivity index (χ4v) is 2.44. The fourth-order valence-electron chi connectivity index (χ4n) is 2.18. The molecule has 21 heavy (non-hydrogen) atoms. The van der Waals surface area contributed by atoms with E-state index in [-0.39, 0.29) is 0 Å². The summed E-state index contributed by atoms with van der Waals surface area (Å²) in [5.41, 5.74) is 2.35. The molecule has 0 fully saturated rings. The molecule has 0 amide bonds. The number of hydrogen-bond donors (Lipinski definition) is 2. The monoisotopic (exact) mass is 348 g/mol. The second-order valence-corrected chi connectivity index (χ2v) is 6.07. The van der Waals surface area contributed by atoms with E-state index >= 15 is 0 Å². The third-order valence-corrected chi connectivity index (χ3v) is 3.71. The standard InChI is InChI=1S/C16H21BrN4/c1-4-18-15-14(11(2)3)16(21-10-20-15)19-9-12-5-7-13(17)8-6-12/h5-8,10-11H,4,9H2,1-3H3,(H2,18,19,20,21). The summed E-state index contributed by atoms with van der Waals surface area (Å²) in [5, 5.41) is 6.73. The number of aromatic nitrogens is 2. The predicted octanol–water partition coefficient (Wildman–Crippen LogP) is 4.41. The van der Waals surface area contributed by atoms with Crippen molar-refractivity contribution in [2.75, 3.05) is 17.2 Å². The summed E-state index contributed by atoms with van der Waals surface area (Å²) in [4.78, 5) is 8.75. The number of nitrogens with zero attached hydrogens (tertiary/aromatic N) is 2. The Morgan fingerprint density at radius 3 is 2.24 bits per heavy atom. The third-order valence-electron chi connectivity index (χ3n) is 3.18. The maximum Gasteiger partial charge on any atom is 0.135 e. The van der Waals surface area contributed by atoms with Gasteiger partial charge in [0.1, 0.15) is 18.0 Å². The van der Waals surface area contributed by atoms with Crippen molar-refractivity contribution in [3.63, 3.8) is 0 Å². The minimum atomic E-state index is 0.354. The highest BCUT2D eigenvalue weighted by atomic mass is 79.9. The zero-order valence-corrected chi connectivity index (χ0v) is 14.2. The van der Waals surface area contributed by atoms with Crippen LogP contribution in [0.2, 0.25) is 0 Å². The van der Waals surface area contributed by atoms with Crippen molar-refractivity contribution in [1.82, 2.24) is 9.97 Å². The molecule has 112 valence electrons. The predicted molar refractivity (Wildman–Crippen MR) is 91.8 cm³/mol. The molecule has 0 unspecified atom stereocenters. The Morgan fingerprint density at radius 1 is 1.05 bits per heavy atom. The van der Waals surface area contributed by atoms with Crippen LogP contribution in [0.15, 0.2) is 35.1 Å². The molecule has 2 N–H and O–H groups in total. The van der Waals surface area contributed by atoms with Gasteiger partial charge in [-0.25, -0.2) is 9.97 Å². The summed E-state index contributed by atoms with van der Waals surface area (Å²) in [6.07, 6.45) is 1.60. The van der Waals surface area contributed by atoms with E-state index in [2.05, 4.69) is 69.4 Å². The van der Waals surface area contributed by atoms with Gasteiger partial charge in [0.25, 0.3) is 0 Å². The average molecular weight is 349 g/mol. The van der Waals surface area contributed by atoms with Gasteiger partial charge in [0, 0.05) is 23.1 Å². The molecule has 1 aromatic heterocycles. The molecule has 0 saturated carbocycles. The summed E-state index contributed by atoms with van der Waals surface area (Å²) >= 11 is 3.45. The highest BCUT2D eigenvalue weighted by Crippen LogP contribution is 2.28. The Hall–Kier alpha value is -1.62. The summed E-state index contributed by atoms with van der Waals surface area (Å²) < 4.78 is 1.09. The van der Waals surface area contributed by atoms with Crippen molar-refractivity contribution in [3.05, 3.63) is 46.2 Å². The molecule has 0 aliphatic carbocycles. The summed E-state index contributed by atoms with van der Waals surface area (Å²) in [6, 6.07) is 8.28. The van der Waals surface area contributed by atoms with Gasteiger partial charge >= 0.3 is 0 Å². The van der Waals surface area contributed by atoms with Crippen molar-refractivity contribution in [1.29, 1.82) is 0 Å². The van der Waals surface area contributed by atoms with Crippen LogP contribution >= 0.6 is 15.9 Å². The largest absolute Gasteiger partial charge is 0.370 e. The number of benzene rings is 1. The minimum absolute atomic E-state index is 0.354. The first-order chi connectivity index (χ1) is 10.1. The van der Waals surface area contributed by atoms with E-state index in [1.165, 1.54) is 5.56 Å². The van der Waals surface area contributed by atoms with Gasteiger partial charge < -0.3 is 10.6 Å². The maximum absolute atomic E-state index is 4.40. The van der Waals surface area contributed by atoms with Gasteiger partial charge in [-0.2, -0.15) is 0 Å². The molecule has 0 bridgehead atoms. The molecule has 0 radical (unpaired) electrons. The first-order valence-electron chi connectivity index (χ1n) is 7.19. The molecule has 0 aliphatic rings. The van der Waals surface area contributed by atoms with E-state index in [1.54, 1.807) is 6.33 Å². The number of rotatable bonds is 6. The smallest absolute Gasteiger partial charge is 0.135 e. The van der Waals surface area contributed by atoms with Crippen molar-refractivity contribution in [2.45, 2.75) is 33.2 Å². The molecule has 1 aromatic carbocycles. The number of halogens is 1. The Kier molecular flexibility index (Phi) is 5.56. The summed E-state index contributed by atoms with van der Waals surface area (Å²) in [6.45, 7) is 7.98. The number of anilines is 2. The highest BCUT2D eigenvalue weighted by Gasteiger charge is 2.14. The Morgan fingerprint density at radius 2 is 1.67 bits per heavy atom. The van der Waals surface area contributed by atoms with Gasteiger partial charge in [-0.15, -0.1) is 0 Å².